The molecule has 7 heteroatoms. The van der Waals surface area contributed by atoms with E-state index in [0.29, 0.717) is 41.2 Å². The summed E-state index contributed by atoms with van der Waals surface area (Å²) in [6.45, 7) is 9.59. The number of carbonyl (C=O) groups is 1. The second kappa shape index (κ2) is 10.9. The number of halogens is 1. The van der Waals surface area contributed by atoms with Gasteiger partial charge in [0, 0.05) is 18.7 Å². The van der Waals surface area contributed by atoms with E-state index in [1.807, 2.05) is 13.8 Å². The summed E-state index contributed by atoms with van der Waals surface area (Å²) in [5.41, 5.74) is 0.373. The van der Waals surface area contributed by atoms with Gasteiger partial charge in [-0.05, 0) is 49.9 Å². The van der Waals surface area contributed by atoms with E-state index in [9.17, 15) is 9.90 Å². The Morgan fingerprint density at radius 3 is 2.64 bits per heavy atom. The fourth-order valence-corrected chi connectivity index (χ4v) is 3.43. The molecule has 0 aromatic heterocycles. The Morgan fingerprint density at radius 1 is 1.36 bits per heavy atom. The monoisotopic (exact) mass is 412 g/mol. The van der Waals surface area contributed by atoms with Crippen LogP contribution in [-0.2, 0) is 0 Å². The van der Waals surface area contributed by atoms with Crippen molar-refractivity contribution in [1.29, 1.82) is 0 Å². The summed E-state index contributed by atoms with van der Waals surface area (Å²) in [5, 5.41) is 13.4. The molecule has 1 amide bonds. The van der Waals surface area contributed by atoms with Gasteiger partial charge in [0.2, 0.25) is 0 Å². The highest BCUT2D eigenvalue weighted by molar-refractivity contribution is 6.32. The molecule has 1 aromatic rings. The van der Waals surface area contributed by atoms with Crippen molar-refractivity contribution in [1.82, 2.24) is 10.2 Å². The summed E-state index contributed by atoms with van der Waals surface area (Å²) in [5.74, 6) is 1.64. The molecule has 0 aliphatic carbocycles. The van der Waals surface area contributed by atoms with Crippen molar-refractivity contribution in [2.24, 2.45) is 11.8 Å². The molecule has 1 heterocycles. The molecule has 2 N–H and O–H groups in total. The maximum Gasteiger partial charge on any atom is 0.251 e. The zero-order valence-corrected chi connectivity index (χ0v) is 18.1. The van der Waals surface area contributed by atoms with Crippen molar-refractivity contribution in [2.45, 2.75) is 39.7 Å². The summed E-state index contributed by atoms with van der Waals surface area (Å²) in [4.78, 5) is 14.7. The van der Waals surface area contributed by atoms with Gasteiger partial charge in [0.15, 0.2) is 11.5 Å². The lowest BCUT2D eigenvalue weighted by molar-refractivity contribution is 0.0795. The number of benzene rings is 1. The normalized spacial score (nSPS) is 16.8. The first-order valence-corrected chi connectivity index (χ1v) is 10.4. The van der Waals surface area contributed by atoms with Crippen LogP contribution in [0.2, 0.25) is 5.02 Å². The number of β-amino-alcohol motifs (C(OH)–C–C–N with tert-alkyl or cyclic N) is 1. The summed E-state index contributed by atoms with van der Waals surface area (Å²) in [6.07, 6.45) is 1.70. The molecule has 1 atom stereocenters. The van der Waals surface area contributed by atoms with E-state index in [2.05, 4.69) is 17.1 Å². The molecule has 0 bridgehead atoms. The van der Waals surface area contributed by atoms with Crippen molar-refractivity contribution in [3.05, 3.63) is 22.7 Å². The number of likely N-dealkylation sites (tertiary alicyclic amines) is 1. The van der Waals surface area contributed by atoms with E-state index in [0.717, 1.165) is 31.8 Å². The van der Waals surface area contributed by atoms with Gasteiger partial charge in [-0.25, -0.2) is 0 Å². The number of carbonyl (C=O) groups excluding carboxylic acids is 1. The number of amides is 1. The zero-order chi connectivity index (χ0) is 20.7. The lowest BCUT2D eigenvalue weighted by Crippen LogP contribution is -2.43. The predicted molar refractivity (Wildman–Crippen MR) is 112 cm³/mol. The van der Waals surface area contributed by atoms with Crippen LogP contribution in [0.1, 0.15) is 44.0 Å². The smallest absolute Gasteiger partial charge is 0.251 e. The van der Waals surface area contributed by atoms with Crippen LogP contribution in [0.15, 0.2) is 12.1 Å². The van der Waals surface area contributed by atoms with Crippen molar-refractivity contribution >= 4 is 17.5 Å². The van der Waals surface area contributed by atoms with Gasteiger partial charge in [0.05, 0.1) is 24.8 Å². The highest BCUT2D eigenvalue weighted by Crippen LogP contribution is 2.36. The summed E-state index contributed by atoms with van der Waals surface area (Å²) >= 11 is 6.30. The second-order valence-corrected chi connectivity index (χ2v) is 8.45. The first-order chi connectivity index (χ1) is 13.3. The van der Waals surface area contributed by atoms with Crippen molar-refractivity contribution in [3.8, 4) is 11.5 Å². The molecule has 1 unspecified atom stereocenters. The van der Waals surface area contributed by atoms with E-state index in [1.54, 1.807) is 12.1 Å². The molecule has 1 aromatic carbocycles. The maximum atomic E-state index is 12.5. The van der Waals surface area contributed by atoms with Crippen LogP contribution < -0.4 is 14.8 Å². The molecule has 1 aliphatic heterocycles. The lowest BCUT2D eigenvalue weighted by Gasteiger charge is -2.31. The average Bonchev–Trinajstić information content (AvgIpc) is 2.66. The van der Waals surface area contributed by atoms with Crippen molar-refractivity contribution in [2.75, 3.05) is 39.9 Å². The Hall–Kier alpha value is -1.50. The number of hydrogen-bond donors (Lipinski definition) is 2. The van der Waals surface area contributed by atoms with Gasteiger partial charge in [-0.15, -0.1) is 0 Å². The van der Waals surface area contributed by atoms with E-state index in [1.165, 1.54) is 7.11 Å². The van der Waals surface area contributed by atoms with E-state index in [-0.39, 0.29) is 12.5 Å². The van der Waals surface area contributed by atoms with Gasteiger partial charge in [0.25, 0.3) is 5.91 Å². The van der Waals surface area contributed by atoms with Crippen LogP contribution in [0.4, 0.5) is 0 Å². The van der Waals surface area contributed by atoms with Crippen LogP contribution in [-0.4, -0.2) is 61.9 Å². The number of methoxy groups -OCH3 is 1. The fourth-order valence-electron chi connectivity index (χ4n) is 3.16. The minimum Gasteiger partial charge on any atom is -0.493 e. The molecule has 0 radical (unpaired) electrons. The number of aliphatic hydroxyl groups is 1. The SMILES string of the molecule is COc1cc(C(=O)NCC(O)CN2CCC(C)CC2)cc(Cl)c1OCC(C)C. The molecule has 28 heavy (non-hydrogen) atoms. The Kier molecular flexibility index (Phi) is 8.86. The van der Waals surface area contributed by atoms with Crippen molar-refractivity contribution < 1.29 is 19.4 Å². The van der Waals surface area contributed by atoms with Crippen LogP contribution in [0.5, 0.6) is 11.5 Å². The standard InChI is InChI=1S/C21H33ClN2O4/c1-14(2)13-28-20-18(22)9-16(10-19(20)27-4)21(26)23-11-17(25)12-24-7-5-15(3)6-8-24/h9-10,14-15,17,25H,5-8,11-13H2,1-4H3,(H,23,26). The molecule has 0 spiro atoms. The van der Waals surface area contributed by atoms with Gasteiger partial charge in [-0.3, -0.25) is 4.79 Å². The first-order valence-electron chi connectivity index (χ1n) is 9.99. The molecule has 6 nitrogen and oxygen atoms in total. The lowest BCUT2D eigenvalue weighted by atomic mass is 9.99. The number of piperidine rings is 1. The molecular weight excluding hydrogens is 380 g/mol. The van der Waals surface area contributed by atoms with Gasteiger partial charge in [-0.1, -0.05) is 32.4 Å². The minimum absolute atomic E-state index is 0.191. The maximum absolute atomic E-state index is 12.5. The van der Waals surface area contributed by atoms with E-state index < -0.39 is 6.10 Å². The third-order valence-corrected chi connectivity index (χ3v) is 5.18. The topological polar surface area (TPSA) is 71.0 Å². The number of rotatable bonds is 9. The Morgan fingerprint density at radius 2 is 2.04 bits per heavy atom. The largest absolute Gasteiger partial charge is 0.493 e. The molecular formula is C21H33ClN2O4. The number of nitrogens with zero attached hydrogens (tertiary/aromatic N) is 1. The van der Waals surface area contributed by atoms with Gasteiger partial charge in [-0.2, -0.15) is 0 Å². The predicted octanol–water partition coefficient (Wildman–Crippen LogP) is 3.21. The third-order valence-electron chi connectivity index (χ3n) is 4.90. The molecule has 1 saturated heterocycles. The quantitative estimate of drug-likeness (QED) is 0.651. The molecule has 1 fully saturated rings. The summed E-state index contributed by atoms with van der Waals surface area (Å²) in [7, 11) is 1.51. The number of aliphatic hydroxyl groups excluding tert-OH is 1. The third kappa shape index (κ3) is 6.83. The first kappa shape index (κ1) is 22.8. The number of ether oxygens (including phenoxy) is 2. The highest BCUT2D eigenvalue weighted by Gasteiger charge is 2.20. The van der Waals surface area contributed by atoms with Crippen LogP contribution in [0.25, 0.3) is 0 Å². The Bertz CT molecular complexity index is 646. The van der Waals surface area contributed by atoms with Gasteiger partial charge in [0.1, 0.15) is 0 Å². The molecule has 1 aliphatic rings. The average molecular weight is 413 g/mol. The van der Waals surface area contributed by atoms with Crippen molar-refractivity contribution in [3.63, 3.8) is 0 Å². The highest BCUT2D eigenvalue weighted by atomic mass is 35.5. The minimum atomic E-state index is -0.608. The van der Waals surface area contributed by atoms with Gasteiger partial charge >= 0.3 is 0 Å². The second-order valence-electron chi connectivity index (χ2n) is 8.04. The zero-order valence-electron chi connectivity index (χ0n) is 17.3. The van der Waals surface area contributed by atoms with Gasteiger partial charge < -0.3 is 24.8 Å². The Labute approximate surface area is 173 Å². The molecule has 2 rings (SSSR count). The number of hydrogen-bond acceptors (Lipinski definition) is 5. The van der Waals surface area contributed by atoms with E-state index in [4.69, 9.17) is 21.1 Å². The van der Waals surface area contributed by atoms with Crippen LogP contribution in [0, 0.1) is 11.8 Å². The molecule has 0 saturated carbocycles. The Balaban J connectivity index is 1.91. The fraction of sp³-hybridized carbons (Fsp3) is 0.667. The molecule has 158 valence electrons. The van der Waals surface area contributed by atoms with Crippen LogP contribution in [0.3, 0.4) is 0 Å². The summed E-state index contributed by atoms with van der Waals surface area (Å²) in [6, 6.07) is 3.17. The van der Waals surface area contributed by atoms with Crippen LogP contribution >= 0.6 is 11.6 Å². The van der Waals surface area contributed by atoms with E-state index >= 15 is 0 Å². The summed E-state index contributed by atoms with van der Waals surface area (Å²) < 4.78 is 11.0. The number of nitrogens with one attached hydrogen (secondary N) is 1.